The van der Waals surface area contributed by atoms with E-state index in [9.17, 15) is 13.2 Å². The first-order valence-corrected chi connectivity index (χ1v) is 9.11. The van der Waals surface area contributed by atoms with E-state index in [1.807, 2.05) is 12.1 Å². The Labute approximate surface area is 140 Å². The fourth-order valence-electron chi connectivity index (χ4n) is 3.11. The van der Waals surface area contributed by atoms with Crippen LogP contribution in [-0.2, 0) is 27.7 Å². The van der Waals surface area contributed by atoms with Crippen molar-refractivity contribution in [1.29, 1.82) is 0 Å². The average Bonchev–Trinajstić information content (AvgIpc) is 3.13. The highest BCUT2D eigenvalue weighted by Gasteiger charge is 2.27. The third-order valence-corrected chi connectivity index (χ3v) is 5.76. The molecule has 0 aromatic heterocycles. The van der Waals surface area contributed by atoms with Crippen LogP contribution in [0.4, 0.5) is 11.4 Å². The quantitative estimate of drug-likeness (QED) is 0.923. The largest absolute Gasteiger partial charge is 0.491 e. The summed E-state index contributed by atoms with van der Waals surface area (Å²) in [4.78, 5) is 13.4. The van der Waals surface area contributed by atoms with E-state index in [0.717, 1.165) is 23.2 Å². The van der Waals surface area contributed by atoms with Crippen LogP contribution >= 0.6 is 0 Å². The molecule has 0 saturated carbocycles. The van der Waals surface area contributed by atoms with E-state index in [1.165, 1.54) is 11.0 Å². The molecular weight excluding hydrogens is 328 g/mol. The first kappa shape index (κ1) is 15.0. The van der Waals surface area contributed by atoms with E-state index in [0.29, 0.717) is 18.0 Å². The number of hydrogen-bond donors (Lipinski definition) is 1. The van der Waals surface area contributed by atoms with Gasteiger partial charge in [-0.1, -0.05) is 12.1 Å². The Kier molecular flexibility index (Phi) is 3.28. The van der Waals surface area contributed by atoms with E-state index < -0.39 is 10.0 Å². The summed E-state index contributed by atoms with van der Waals surface area (Å²) in [5.74, 6) is 0.555. The zero-order valence-corrected chi connectivity index (χ0v) is 13.9. The minimum Gasteiger partial charge on any atom is -0.491 e. The summed E-state index contributed by atoms with van der Waals surface area (Å²) in [5, 5.41) is 0. The van der Waals surface area contributed by atoms with Gasteiger partial charge in [-0.05, 0) is 35.4 Å². The molecule has 124 valence electrons. The molecule has 0 radical (unpaired) electrons. The van der Waals surface area contributed by atoms with Crippen molar-refractivity contribution in [3.63, 3.8) is 0 Å². The van der Waals surface area contributed by atoms with Crippen LogP contribution in [0.25, 0.3) is 0 Å². The van der Waals surface area contributed by atoms with Crippen LogP contribution in [0.3, 0.4) is 0 Å². The van der Waals surface area contributed by atoms with Crippen LogP contribution in [0.15, 0.2) is 41.3 Å². The van der Waals surface area contributed by atoms with Crippen molar-refractivity contribution in [2.45, 2.75) is 17.7 Å². The lowest BCUT2D eigenvalue weighted by Crippen LogP contribution is -2.20. The number of amides is 1. The van der Waals surface area contributed by atoms with Crippen molar-refractivity contribution in [2.24, 2.45) is 0 Å². The minimum atomic E-state index is -3.75. The van der Waals surface area contributed by atoms with Crippen LogP contribution in [0.1, 0.15) is 11.1 Å². The summed E-state index contributed by atoms with van der Waals surface area (Å²) in [6.07, 6.45) is 0.997. The number of nitrogens with zero attached hydrogens (tertiary/aromatic N) is 1. The summed E-state index contributed by atoms with van der Waals surface area (Å²) >= 11 is 0. The van der Waals surface area contributed by atoms with Gasteiger partial charge in [0.05, 0.1) is 23.6 Å². The second kappa shape index (κ2) is 5.24. The lowest BCUT2D eigenvalue weighted by atomic mass is 10.1. The number of benzene rings is 2. The molecule has 0 saturated heterocycles. The zero-order chi connectivity index (χ0) is 16.9. The molecule has 2 aliphatic rings. The number of para-hydroxylation sites is 1. The Hall–Kier alpha value is -2.54. The van der Waals surface area contributed by atoms with Crippen LogP contribution in [-0.4, -0.2) is 28.0 Å². The van der Waals surface area contributed by atoms with Gasteiger partial charge < -0.3 is 9.64 Å². The van der Waals surface area contributed by atoms with Gasteiger partial charge in [0.1, 0.15) is 5.75 Å². The smallest absolute Gasteiger partial charge is 0.262 e. The van der Waals surface area contributed by atoms with Crippen molar-refractivity contribution in [3.05, 3.63) is 47.5 Å². The highest BCUT2D eigenvalue weighted by Crippen LogP contribution is 2.35. The number of carbonyl (C=O) groups is 1. The molecule has 1 amide bonds. The summed E-state index contributed by atoms with van der Waals surface area (Å²) in [7, 11) is -2.07. The SMILES string of the molecule is CN1C(=O)Cc2cc(S(=O)(=O)Nc3cccc4c3OCC4)ccc21. The van der Waals surface area contributed by atoms with E-state index in [1.54, 1.807) is 25.2 Å². The molecule has 2 aromatic carbocycles. The molecule has 1 N–H and O–H groups in total. The van der Waals surface area contributed by atoms with Gasteiger partial charge in [0.2, 0.25) is 5.91 Å². The maximum Gasteiger partial charge on any atom is 0.262 e. The van der Waals surface area contributed by atoms with Crippen LogP contribution < -0.4 is 14.4 Å². The molecule has 0 bridgehead atoms. The molecule has 0 unspecified atom stereocenters. The summed E-state index contributed by atoms with van der Waals surface area (Å²) in [6.45, 7) is 0.557. The molecule has 2 aliphatic heterocycles. The summed E-state index contributed by atoms with van der Waals surface area (Å²) < 4.78 is 33.5. The topological polar surface area (TPSA) is 75.7 Å². The minimum absolute atomic E-state index is 0.0400. The highest BCUT2D eigenvalue weighted by atomic mass is 32.2. The molecule has 0 spiro atoms. The van der Waals surface area contributed by atoms with E-state index in [2.05, 4.69) is 4.72 Å². The predicted molar refractivity (Wildman–Crippen MR) is 90.0 cm³/mol. The fraction of sp³-hybridized carbons (Fsp3) is 0.235. The van der Waals surface area contributed by atoms with Crippen molar-refractivity contribution < 1.29 is 17.9 Å². The Morgan fingerprint density at radius 2 is 2.00 bits per heavy atom. The van der Waals surface area contributed by atoms with Gasteiger partial charge in [-0.15, -0.1) is 0 Å². The van der Waals surface area contributed by atoms with E-state index >= 15 is 0 Å². The number of nitrogens with one attached hydrogen (secondary N) is 1. The summed E-state index contributed by atoms with van der Waals surface area (Å²) in [6, 6.07) is 10.2. The number of hydrogen-bond acceptors (Lipinski definition) is 4. The maximum atomic E-state index is 12.7. The highest BCUT2D eigenvalue weighted by molar-refractivity contribution is 7.92. The average molecular weight is 344 g/mol. The number of rotatable bonds is 3. The van der Waals surface area contributed by atoms with Crippen molar-refractivity contribution in [2.75, 3.05) is 23.3 Å². The number of likely N-dealkylation sites (N-methyl/N-ethyl adjacent to an activating group) is 1. The van der Waals surface area contributed by atoms with Crippen molar-refractivity contribution in [3.8, 4) is 5.75 Å². The van der Waals surface area contributed by atoms with Gasteiger partial charge in [0.25, 0.3) is 10.0 Å². The molecule has 0 fully saturated rings. The molecule has 2 heterocycles. The lowest BCUT2D eigenvalue weighted by molar-refractivity contribution is -0.117. The Balaban J connectivity index is 1.69. The number of ether oxygens (including phenoxy) is 1. The predicted octanol–water partition coefficient (Wildman–Crippen LogP) is 1.94. The van der Waals surface area contributed by atoms with Gasteiger partial charge >= 0.3 is 0 Å². The Morgan fingerprint density at radius 1 is 1.17 bits per heavy atom. The molecule has 4 rings (SSSR count). The second-order valence-electron chi connectivity index (χ2n) is 5.92. The van der Waals surface area contributed by atoms with Crippen LogP contribution in [0.2, 0.25) is 0 Å². The van der Waals surface area contributed by atoms with Gasteiger partial charge in [-0.25, -0.2) is 8.42 Å². The molecule has 0 aliphatic carbocycles. The second-order valence-corrected chi connectivity index (χ2v) is 7.60. The molecule has 0 atom stereocenters. The van der Waals surface area contributed by atoms with Gasteiger partial charge in [0, 0.05) is 19.2 Å². The van der Waals surface area contributed by atoms with Crippen molar-refractivity contribution >= 4 is 27.3 Å². The number of carbonyl (C=O) groups excluding carboxylic acids is 1. The Bertz CT molecular complexity index is 953. The van der Waals surface area contributed by atoms with Crippen LogP contribution in [0, 0.1) is 0 Å². The first-order valence-electron chi connectivity index (χ1n) is 7.63. The summed E-state index contributed by atoms with van der Waals surface area (Å²) in [5.41, 5.74) is 2.91. The van der Waals surface area contributed by atoms with Gasteiger partial charge in [0.15, 0.2) is 0 Å². The number of sulfonamides is 1. The van der Waals surface area contributed by atoms with E-state index in [4.69, 9.17) is 4.74 Å². The maximum absolute atomic E-state index is 12.7. The lowest BCUT2D eigenvalue weighted by Gasteiger charge is -2.13. The molecule has 6 nitrogen and oxygen atoms in total. The molecular formula is C17H16N2O4S. The van der Waals surface area contributed by atoms with Crippen LogP contribution in [0.5, 0.6) is 5.75 Å². The Morgan fingerprint density at radius 3 is 2.83 bits per heavy atom. The molecule has 24 heavy (non-hydrogen) atoms. The van der Waals surface area contributed by atoms with E-state index in [-0.39, 0.29) is 17.2 Å². The third-order valence-electron chi connectivity index (χ3n) is 4.40. The zero-order valence-electron chi connectivity index (χ0n) is 13.1. The monoisotopic (exact) mass is 344 g/mol. The third kappa shape index (κ3) is 2.32. The number of anilines is 2. The normalized spacial score (nSPS) is 15.9. The fourth-order valence-corrected chi connectivity index (χ4v) is 4.23. The first-order chi connectivity index (χ1) is 11.5. The molecule has 7 heteroatoms. The van der Waals surface area contributed by atoms with Crippen molar-refractivity contribution in [1.82, 2.24) is 0 Å². The standard InChI is InChI=1S/C17H16N2O4S/c1-19-15-6-5-13(9-12(15)10-16(19)20)24(21,22)18-14-4-2-3-11-7-8-23-17(11)14/h2-6,9,18H,7-8,10H2,1H3. The van der Waals surface area contributed by atoms with Gasteiger partial charge in [-0.2, -0.15) is 0 Å². The number of fused-ring (bicyclic) bond motifs is 2. The molecule has 2 aromatic rings. The van der Waals surface area contributed by atoms with Gasteiger partial charge in [-0.3, -0.25) is 9.52 Å².